The van der Waals surface area contributed by atoms with Crippen LogP contribution in [0.4, 0.5) is 5.69 Å². The molecular weight excluding hydrogens is 382 g/mol. The third kappa shape index (κ3) is 3.09. The van der Waals surface area contributed by atoms with Gasteiger partial charge in [-0.1, -0.05) is 12.1 Å². The van der Waals surface area contributed by atoms with Gasteiger partial charge in [0.15, 0.2) is 0 Å². The number of rotatable bonds is 5. The molecule has 3 aromatic rings. The fourth-order valence-electron chi connectivity index (χ4n) is 3.09. The lowest BCUT2D eigenvalue weighted by Crippen LogP contribution is -2.39. The molecule has 0 saturated carbocycles. The molecule has 0 unspecified atom stereocenters. The van der Waals surface area contributed by atoms with E-state index >= 15 is 0 Å². The lowest BCUT2D eigenvalue weighted by Gasteiger charge is -2.30. The quantitative estimate of drug-likeness (QED) is 0.695. The van der Waals surface area contributed by atoms with Gasteiger partial charge in [0, 0.05) is 17.9 Å². The molecule has 0 saturated heterocycles. The first-order chi connectivity index (χ1) is 13.1. The highest BCUT2D eigenvalue weighted by atomic mass is 32.2. The van der Waals surface area contributed by atoms with Gasteiger partial charge in [-0.15, -0.1) is 5.10 Å². The molecule has 2 aromatic heterocycles. The van der Waals surface area contributed by atoms with E-state index in [4.69, 9.17) is 0 Å². The fourth-order valence-corrected chi connectivity index (χ4v) is 4.68. The molecule has 1 aromatic carbocycles. The molecule has 0 bridgehead atoms. The first-order valence-corrected chi connectivity index (χ1v) is 10.1. The van der Waals surface area contributed by atoms with Crippen LogP contribution in [0.25, 0.3) is 5.78 Å². The zero-order chi connectivity index (χ0) is 20.8. The number of nitrogens with zero attached hydrogens (tertiary/aromatic N) is 5. The van der Waals surface area contributed by atoms with Crippen LogP contribution in [0.3, 0.4) is 0 Å². The van der Waals surface area contributed by atoms with Crippen molar-refractivity contribution in [1.82, 2.24) is 19.6 Å². The molecule has 2 heterocycles. The molecule has 0 atom stereocenters. The number of hydrogen-bond acceptors (Lipinski definition) is 6. The highest BCUT2D eigenvalue weighted by Gasteiger charge is 2.35. The van der Waals surface area contributed by atoms with Gasteiger partial charge in [0.1, 0.15) is 0 Å². The smallest absolute Gasteiger partial charge is 0.338 e. The minimum Gasteiger partial charge on any atom is -0.478 e. The average Bonchev–Trinajstić information content (AvgIpc) is 3.04. The number of carbonyl (C=O) groups is 1. The summed E-state index contributed by atoms with van der Waals surface area (Å²) in [6, 6.07) is 4.48. The number of aromatic carboxylic acids is 1. The van der Waals surface area contributed by atoms with Crippen LogP contribution in [-0.2, 0) is 10.0 Å². The van der Waals surface area contributed by atoms with Gasteiger partial charge >= 0.3 is 16.0 Å². The Bertz CT molecular complexity index is 1180. The van der Waals surface area contributed by atoms with E-state index in [9.17, 15) is 18.3 Å². The van der Waals surface area contributed by atoms with Crippen LogP contribution in [0, 0.1) is 20.8 Å². The number of benzene rings is 1. The number of aryl methyl sites for hydroxylation is 3. The van der Waals surface area contributed by atoms with E-state index in [0.717, 1.165) is 4.31 Å². The van der Waals surface area contributed by atoms with E-state index in [2.05, 4.69) is 15.1 Å². The standard InChI is InChI=1S/C18H21N5O4S/c1-10(2)23(15-12(4)7-6-11(3)14(15)16(24)25)28(26,27)18-20-17-19-9-8-13(5)22(17)21-18/h6-10H,1-5H3,(H,24,25). The minimum atomic E-state index is -4.24. The third-order valence-electron chi connectivity index (χ3n) is 4.39. The van der Waals surface area contributed by atoms with E-state index in [-0.39, 0.29) is 17.0 Å². The monoisotopic (exact) mass is 403 g/mol. The molecule has 0 aliphatic carbocycles. The van der Waals surface area contributed by atoms with Crippen LogP contribution in [0.5, 0.6) is 0 Å². The Morgan fingerprint density at radius 3 is 2.36 bits per heavy atom. The first kappa shape index (κ1) is 19.7. The number of aromatic nitrogens is 4. The molecule has 0 amide bonds. The summed E-state index contributed by atoms with van der Waals surface area (Å²) in [5, 5.41) is 13.4. The topological polar surface area (TPSA) is 118 Å². The van der Waals surface area contributed by atoms with Crippen LogP contribution in [0.1, 0.15) is 41.0 Å². The Hall–Kier alpha value is -3.01. The molecule has 0 aliphatic heterocycles. The van der Waals surface area contributed by atoms with Crippen molar-refractivity contribution in [2.45, 2.75) is 45.8 Å². The second-order valence-corrected chi connectivity index (χ2v) is 8.52. The van der Waals surface area contributed by atoms with Crippen molar-refractivity contribution in [1.29, 1.82) is 0 Å². The fraction of sp³-hybridized carbons (Fsp3) is 0.333. The van der Waals surface area contributed by atoms with Gasteiger partial charge < -0.3 is 5.11 Å². The van der Waals surface area contributed by atoms with Crippen LogP contribution in [0.2, 0.25) is 0 Å². The second-order valence-electron chi connectivity index (χ2n) is 6.82. The van der Waals surface area contributed by atoms with E-state index in [1.165, 1.54) is 10.7 Å². The number of sulfonamides is 1. The number of carboxylic acid groups (broad SMARTS) is 1. The van der Waals surface area contributed by atoms with Crippen molar-refractivity contribution >= 4 is 27.5 Å². The maximum absolute atomic E-state index is 13.5. The highest BCUT2D eigenvalue weighted by Crippen LogP contribution is 2.33. The van der Waals surface area contributed by atoms with Gasteiger partial charge in [0.05, 0.1) is 11.3 Å². The number of hydrogen-bond donors (Lipinski definition) is 1. The molecule has 3 rings (SSSR count). The zero-order valence-corrected chi connectivity index (χ0v) is 17.0. The highest BCUT2D eigenvalue weighted by molar-refractivity contribution is 7.92. The van der Waals surface area contributed by atoms with Crippen LogP contribution in [-0.4, -0.2) is 45.1 Å². The Morgan fingerprint density at radius 2 is 1.79 bits per heavy atom. The van der Waals surface area contributed by atoms with Crippen molar-refractivity contribution in [3.8, 4) is 0 Å². The Morgan fingerprint density at radius 1 is 1.14 bits per heavy atom. The summed E-state index contributed by atoms with van der Waals surface area (Å²) in [6.45, 7) is 8.41. The summed E-state index contributed by atoms with van der Waals surface area (Å²) in [6.07, 6.45) is 1.52. The molecule has 0 aliphatic rings. The maximum Gasteiger partial charge on any atom is 0.338 e. The van der Waals surface area contributed by atoms with Crippen molar-refractivity contribution < 1.29 is 18.3 Å². The van der Waals surface area contributed by atoms with E-state index in [0.29, 0.717) is 16.8 Å². The molecule has 1 N–H and O–H groups in total. The molecule has 0 radical (unpaired) electrons. The normalized spacial score (nSPS) is 11.9. The third-order valence-corrected chi connectivity index (χ3v) is 6.15. The molecule has 148 valence electrons. The van der Waals surface area contributed by atoms with Gasteiger partial charge in [-0.25, -0.2) is 14.3 Å². The van der Waals surface area contributed by atoms with E-state index in [1.807, 2.05) is 0 Å². The summed E-state index contributed by atoms with van der Waals surface area (Å²) < 4.78 is 29.3. The van der Waals surface area contributed by atoms with Gasteiger partial charge in [-0.3, -0.25) is 4.31 Å². The van der Waals surface area contributed by atoms with Crippen LogP contribution < -0.4 is 4.31 Å². The maximum atomic E-state index is 13.5. The van der Waals surface area contributed by atoms with Gasteiger partial charge in [0.25, 0.3) is 10.9 Å². The molecule has 0 fully saturated rings. The summed E-state index contributed by atoms with van der Waals surface area (Å²) in [5.41, 5.74) is 1.72. The lowest BCUT2D eigenvalue weighted by molar-refractivity contribution is 0.0697. The number of carboxylic acids is 1. The van der Waals surface area contributed by atoms with Gasteiger partial charge in [-0.2, -0.15) is 13.4 Å². The minimum absolute atomic E-state index is 0.0599. The number of fused-ring (bicyclic) bond motifs is 1. The Balaban J connectivity index is 2.30. The van der Waals surface area contributed by atoms with Crippen molar-refractivity contribution in [2.75, 3.05) is 4.31 Å². The first-order valence-electron chi connectivity index (χ1n) is 8.62. The van der Waals surface area contributed by atoms with E-state index < -0.39 is 27.2 Å². The van der Waals surface area contributed by atoms with Crippen molar-refractivity contribution in [3.63, 3.8) is 0 Å². The molecule has 9 nitrogen and oxygen atoms in total. The predicted molar refractivity (Wildman–Crippen MR) is 103 cm³/mol. The Kier molecular flexibility index (Phi) is 4.84. The summed E-state index contributed by atoms with van der Waals surface area (Å²) in [5.74, 6) is -1.04. The van der Waals surface area contributed by atoms with Crippen LogP contribution >= 0.6 is 0 Å². The SMILES string of the molecule is Cc1ccc(C)c(N(C(C)C)S(=O)(=O)c2nc3nccc(C)n3n2)c1C(=O)O. The van der Waals surface area contributed by atoms with Crippen molar-refractivity contribution in [3.05, 3.63) is 46.8 Å². The predicted octanol–water partition coefficient (Wildman–Crippen LogP) is 2.35. The largest absolute Gasteiger partial charge is 0.478 e. The van der Waals surface area contributed by atoms with Crippen LogP contribution in [0.15, 0.2) is 29.6 Å². The second kappa shape index (κ2) is 6.86. The Labute approximate surface area is 162 Å². The average molecular weight is 403 g/mol. The van der Waals surface area contributed by atoms with Crippen molar-refractivity contribution in [2.24, 2.45) is 0 Å². The molecule has 28 heavy (non-hydrogen) atoms. The lowest BCUT2D eigenvalue weighted by atomic mass is 10.0. The summed E-state index contributed by atoms with van der Waals surface area (Å²) >= 11 is 0. The number of anilines is 1. The molecule has 0 spiro atoms. The summed E-state index contributed by atoms with van der Waals surface area (Å²) in [7, 11) is -4.24. The summed E-state index contributed by atoms with van der Waals surface area (Å²) in [4.78, 5) is 20.0. The van der Waals surface area contributed by atoms with Gasteiger partial charge in [0.2, 0.25) is 0 Å². The zero-order valence-electron chi connectivity index (χ0n) is 16.2. The van der Waals surface area contributed by atoms with E-state index in [1.54, 1.807) is 52.8 Å². The molecule has 10 heteroatoms. The molecular formula is C18H21N5O4S. The van der Waals surface area contributed by atoms with Gasteiger partial charge in [-0.05, 0) is 51.8 Å².